The number of nitrogens with zero attached hydrogens (tertiary/aromatic N) is 5. The van der Waals surface area contributed by atoms with Gasteiger partial charge in [-0.2, -0.15) is 0 Å². The van der Waals surface area contributed by atoms with Gasteiger partial charge in [-0.3, -0.25) is 4.57 Å². The Balaban J connectivity index is 1.47. The first-order chi connectivity index (χ1) is 12.8. The van der Waals surface area contributed by atoms with E-state index in [-0.39, 0.29) is 6.10 Å². The summed E-state index contributed by atoms with van der Waals surface area (Å²) in [5, 5.41) is 12.1. The molecule has 2 aliphatic heterocycles. The van der Waals surface area contributed by atoms with E-state index in [0.717, 1.165) is 55.3 Å². The highest BCUT2D eigenvalue weighted by molar-refractivity contribution is 5.55. The number of hydrogen-bond acceptors (Lipinski definition) is 5. The Morgan fingerprint density at radius 2 is 2.12 bits per heavy atom. The lowest BCUT2D eigenvalue weighted by Gasteiger charge is -2.22. The molecule has 1 N–H and O–H groups in total. The van der Waals surface area contributed by atoms with Crippen molar-refractivity contribution >= 4 is 0 Å². The highest BCUT2D eigenvalue weighted by Crippen LogP contribution is 2.31. The Labute approximate surface area is 152 Å². The molecule has 0 saturated carbocycles. The zero-order chi connectivity index (χ0) is 17.5. The number of fused-ring (bicyclic) bond motifs is 1. The van der Waals surface area contributed by atoms with Gasteiger partial charge in [-0.15, -0.1) is 5.10 Å². The van der Waals surface area contributed by atoms with Crippen molar-refractivity contribution in [3.63, 3.8) is 0 Å². The summed E-state index contributed by atoms with van der Waals surface area (Å²) in [7, 11) is 0. The molecule has 0 radical (unpaired) electrons. The van der Waals surface area contributed by atoms with Gasteiger partial charge in [0.25, 0.3) is 0 Å². The van der Waals surface area contributed by atoms with Crippen LogP contribution in [0.4, 0.5) is 0 Å². The molecule has 0 bridgehead atoms. The third kappa shape index (κ3) is 2.68. The fraction of sp³-hybridized carbons (Fsp3) is 0.421. The molecule has 1 saturated heterocycles. The summed E-state index contributed by atoms with van der Waals surface area (Å²) in [6.45, 7) is 4.16. The summed E-state index contributed by atoms with van der Waals surface area (Å²) in [5.41, 5.74) is 3.12. The molecule has 2 aromatic heterocycles. The number of nitrogens with one attached hydrogen (secondary N) is 1. The van der Waals surface area contributed by atoms with E-state index in [2.05, 4.69) is 44.2 Å². The van der Waals surface area contributed by atoms with Crippen LogP contribution >= 0.6 is 0 Å². The minimum atomic E-state index is 0.243. The smallest absolute Gasteiger partial charge is 0.166 e. The Bertz CT molecular complexity index is 924. The van der Waals surface area contributed by atoms with Gasteiger partial charge in [-0.05, 0) is 56.6 Å². The summed E-state index contributed by atoms with van der Waals surface area (Å²) >= 11 is 0. The summed E-state index contributed by atoms with van der Waals surface area (Å²) in [6, 6.07) is 6.71. The molecule has 3 aromatic rings. The van der Waals surface area contributed by atoms with Gasteiger partial charge in [0, 0.05) is 24.5 Å². The van der Waals surface area contributed by atoms with E-state index >= 15 is 0 Å². The number of hydrogen-bond donors (Lipinski definition) is 1. The molecular formula is C19H22N6O. The van der Waals surface area contributed by atoms with Gasteiger partial charge in [0.1, 0.15) is 17.5 Å². The molecule has 7 nitrogen and oxygen atoms in total. The van der Waals surface area contributed by atoms with Crippen LogP contribution in [0, 0.1) is 0 Å². The molecule has 5 rings (SSSR count). The Kier molecular flexibility index (Phi) is 3.74. The fourth-order valence-electron chi connectivity index (χ4n) is 3.89. The van der Waals surface area contributed by atoms with Crippen LogP contribution in [0.25, 0.3) is 17.2 Å². The molecule has 0 unspecified atom stereocenters. The van der Waals surface area contributed by atoms with Crippen LogP contribution in [-0.4, -0.2) is 43.7 Å². The molecule has 7 heteroatoms. The molecule has 1 fully saturated rings. The maximum absolute atomic E-state index is 5.81. The maximum atomic E-state index is 5.81. The van der Waals surface area contributed by atoms with Crippen molar-refractivity contribution in [3.05, 3.63) is 42.4 Å². The van der Waals surface area contributed by atoms with E-state index in [1.165, 1.54) is 5.56 Å². The molecule has 1 aromatic carbocycles. The van der Waals surface area contributed by atoms with E-state index in [1.807, 2.05) is 29.3 Å². The molecule has 1 atom stereocenters. The van der Waals surface area contributed by atoms with E-state index in [9.17, 15) is 0 Å². The molecule has 0 amide bonds. The number of aromatic nitrogens is 5. The van der Waals surface area contributed by atoms with Crippen LogP contribution in [0.2, 0.25) is 0 Å². The summed E-state index contributed by atoms with van der Waals surface area (Å²) in [5.74, 6) is 1.80. The molecule has 4 heterocycles. The van der Waals surface area contributed by atoms with Crippen LogP contribution < -0.4 is 10.1 Å². The van der Waals surface area contributed by atoms with Gasteiger partial charge in [0.05, 0.1) is 12.2 Å². The highest BCUT2D eigenvalue weighted by Gasteiger charge is 2.21. The average molecular weight is 350 g/mol. The van der Waals surface area contributed by atoms with Crippen molar-refractivity contribution < 1.29 is 4.74 Å². The topological polar surface area (TPSA) is 69.8 Å². The second-order valence-corrected chi connectivity index (χ2v) is 7.11. The maximum Gasteiger partial charge on any atom is 0.166 e. The monoisotopic (exact) mass is 350 g/mol. The highest BCUT2D eigenvalue weighted by atomic mass is 16.5. The average Bonchev–Trinajstić information content (AvgIpc) is 3.39. The largest absolute Gasteiger partial charge is 0.490 e. The number of rotatable bonds is 3. The second kappa shape index (κ2) is 6.25. The van der Waals surface area contributed by atoms with Gasteiger partial charge >= 0.3 is 0 Å². The van der Waals surface area contributed by atoms with Gasteiger partial charge in [0.15, 0.2) is 5.82 Å². The minimum Gasteiger partial charge on any atom is -0.490 e. The third-order valence-electron chi connectivity index (χ3n) is 5.22. The lowest BCUT2D eigenvalue weighted by molar-refractivity contribution is 0.254. The van der Waals surface area contributed by atoms with Gasteiger partial charge in [0.2, 0.25) is 0 Å². The lowest BCUT2D eigenvalue weighted by Crippen LogP contribution is -2.29. The Morgan fingerprint density at radius 1 is 1.23 bits per heavy atom. The zero-order valence-corrected chi connectivity index (χ0v) is 14.8. The molecule has 134 valence electrons. The summed E-state index contributed by atoms with van der Waals surface area (Å²) in [6.07, 6.45) is 9.16. The molecule has 26 heavy (non-hydrogen) atoms. The first-order valence-corrected chi connectivity index (χ1v) is 9.24. The van der Waals surface area contributed by atoms with Crippen LogP contribution in [0.5, 0.6) is 5.75 Å². The van der Waals surface area contributed by atoms with E-state index in [0.29, 0.717) is 6.04 Å². The molecule has 0 aliphatic carbocycles. The standard InChI is InChI=1S/C19H22N6O/c1-13-10-14-11-16(2-3-18(14)26-13)24-9-8-21-19(24)17-12-25(23-22-17)15-4-6-20-7-5-15/h2-3,8-9,11-13,15,20H,4-7,10H2,1H3/t13-/m1/s1. The van der Waals surface area contributed by atoms with Crippen molar-refractivity contribution in [3.8, 4) is 23.0 Å². The van der Waals surface area contributed by atoms with Crippen molar-refractivity contribution in [2.45, 2.75) is 38.3 Å². The van der Waals surface area contributed by atoms with Crippen molar-refractivity contribution in [2.75, 3.05) is 13.1 Å². The van der Waals surface area contributed by atoms with Crippen LogP contribution in [0.1, 0.15) is 31.4 Å². The first kappa shape index (κ1) is 15.6. The SMILES string of the molecule is C[C@@H]1Cc2cc(-n3ccnc3-c3cn(C4CCNCC4)nn3)ccc2O1. The van der Waals surface area contributed by atoms with Crippen molar-refractivity contribution in [2.24, 2.45) is 0 Å². The summed E-state index contributed by atoms with van der Waals surface area (Å²) < 4.78 is 9.87. The van der Waals surface area contributed by atoms with E-state index in [1.54, 1.807) is 0 Å². The van der Waals surface area contributed by atoms with Gasteiger partial charge in [-0.1, -0.05) is 5.21 Å². The zero-order valence-electron chi connectivity index (χ0n) is 14.8. The second-order valence-electron chi connectivity index (χ2n) is 7.11. The van der Waals surface area contributed by atoms with Crippen molar-refractivity contribution in [1.82, 2.24) is 29.9 Å². The predicted molar refractivity (Wildman–Crippen MR) is 97.5 cm³/mol. The fourth-order valence-corrected chi connectivity index (χ4v) is 3.89. The number of imidazole rings is 1. The summed E-state index contributed by atoms with van der Waals surface area (Å²) in [4.78, 5) is 4.53. The number of piperidine rings is 1. The molecule has 0 spiro atoms. The van der Waals surface area contributed by atoms with Gasteiger partial charge < -0.3 is 10.1 Å². The third-order valence-corrected chi connectivity index (χ3v) is 5.22. The quantitative estimate of drug-likeness (QED) is 0.785. The lowest BCUT2D eigenvalue weighted by atomic mass is 10.1. The van der Waals surface area contributed by atoms with Crippen LogP contribution in [0.3, 0.4) is 0 Å². The molecule has 2 aliphatic rings. The van der Waals surface area contributed by atoms with Crippen LogP contribution in [-0.2, 0) is 6.42 Å². The predicted octanol–water partition coefficient (Wildman–Crippen LogP) is 2.38. The minimum absolute atomic E-state index is 0.243. The normalized spacial score (nSPS) is 20.1. The number of benzene rings is 1. The van der Waals surface area contributed by atoms with Crippen molar-refractivity contribution in [1.29, 1.82) is 0 Å². The van der Waals surface area contributed by atoms with Crippen LogP contribution in [0.15, 0.2) is 36.8 Å². The molecular weight excluding hydrogens is 328 g/mol. The van der Waals surface area contributed by atoms with Gasteiger partial charge in [-0.25, -0.2) is 9.67 Å². The van der Waals surface area contributed by atoms with E-state index < -0.39 is 0 Å². The van der Waals surface area contributed by atoms with E-state index in [4.69, 9.17) is 4.74 Å². The first-order valence-electron chi connectivity index (χ1n) is 9.24. The number of ether oxygens (including phenoxy) is 1. The Morgan fingerprint density at radius 3 is 3.00 bits per heavy atom. The Hall–Kier alpha value is -2.67.